The van der Waals surface area contributed by atoms with Crippen LogP contribution in [-0.4, -0.2) is 63.7 Å². The number of aliphatic hydroxyl groups excluding tert-OH is 1. The number of halogens is 1. The van der Waals surface area contributed by atoms with E-state index in [4.69, 9.17) is 16.9 Å². The number of hydrogen-bond acceptors (Lipinski definition) is 6. The van der Waals surface area contributed by atoms with E-state index in [9.17, 15) is 24.9 Å². The molecule has 3 rings (SSSR count). The number of phenols is 1. The van der Waals surface area contributed by atoms with Crippen molar-refractivity contribution in [1.82, 2.24) is 15.5 Å². The number of phenolic OH excluding ortho intramolecular Hbond substituents is 1. The summed E-state index contributed by atoms with van der Waals surface area (Å²) in [5, 5.41) is 44.2. The Morgan fingerprint density at radius 3 is 2.59 bits per heavy atom. The first kappa shape index (κ1) is 27.8. The second-order valence-electron chi connectivity index (χ2n) is 8.89. The van der Waals surface area contributed by atoms with Crippen LogP contribution in [0.4, 0.5) is 0 Å². The minimum absolute atomic E-state index is 0.0743. The number of likely N-dealkylation sites (tertiary alicyclic amines) is 1. The Morgan fingerprint density at radius 1 is 1.24 bits per heavy atom. The number of aliphatic imine (C=N–C) groups is 1. The maximum atomic E-state index is 13.0. The highest BCUT2D eigenvalue weighted by atomic mass is 35.5. The van der Waals surface area contributed by atoms with E-state index < -0.39 is 24.0 Å². The first-order chi connectivity index (χ1) is 17.7. The zero-order chi connectivity index (χ0) is 26.9. The molecule has 2 unspecified atom stereocenters. The Hall–Kier alpha value is -3.81. The molecule has 37 heavy (non-hydrogen) atoms. The average molecular weight is 528 g/mol. The van der Waals surface area contributed by atoms with Crippen molar-refractivity contribution in [2.75, 3.05) is 19.6 Å². The van der Waals surface area contributed by atoms with Gasteiger partial charge in [-0.3, -0.25) is 4.79 Å². The lowest BCUT2D eigenvalue weighted by molar-refractivity contribution is -0.139. The van der Waals surface area contributed by atoms with Gasteiger partial charge in [0, 0.05) is 19.6 Å². The van der Waals surface area contributed by atoms with E-state index in [1.165, 1.54) is 12.1 Å². The highest BCUT2D eigenvalue weighted by Crippen LogP contribution is 2.26. The van der Waals surface area contributed by atoms with Crippen LogP contribution in [-0.2, 0) is 11.2 Å². The Kier molecular flexibility index (Phi) is 9.71. The number of guanidine groups is 1. The van der Waals surface area contributed by atoms with Crippen LogP contribution >= 0.6 is 11.6 Å². The third kappa shape index (κ3) is 7.59. The summed E-state index contributed by atoms with van der Waals surface area (Å²) in [6, 6.07) is 8.53. The summed E-state index contributed by atoms with van der Waals surface area (Å²) in [7, 11) is 0. The molecule has 0 aromatic heterocycles. The lowest BCUT2D eigenvalue weighted by atomic mass is 9.98. The minimum atomic E-state index is -1.29. The summed E-state index contributed by atoms with van der Waals surface area (Å²) in [4.78, 5) is 30.4. The first-order valence-corrected chi connectivity index (χ1v) is 12.3. The van der Waals surface area contributed by atoms with E-state index in [0.717, 1.165) is 18.4 Å². The van der Waals surface area contributed by atoms with Gasteiger partial charge in [-0.15, -0.1) is 4.99 Å². The number of amides is 1. The minimum Gasteiger partial charge on any atom is -0.508 e. The van der Waals surface area contributed by atoms with Gasteiger partial charge in [-0.05, 0) is 67.5 Å². The predicted molar refractivity (Wildman–Crippen MR) is 138 cm³/mol. The normalized spacial score (nSPS) is 15.1. The number of aryl methyl sites for hydroxylation is 2. The largest absolute Gasteiger partial charge is 0.508 e. The summed E-state index contributed by atoms with van der Waals surface area (Å²) < 4.78 is 0. The number of nitrogens with one attached hydrogen (secondary N) is 2. The second-order valence-corrected chi connectivity index (χ2v) is 9.30. The molecule has 0 spiro atoms. The smallest absolute Gasteiger partial charge is 0.328 e. The monoisotopic (exact) mass is 527 g/mol. The van der Waals surface area contributed by atoms with Crippen molar-refractivity contribution in [3.8, 4) is 11.9 Å². The van der Waals surface area contributed by atoms with E-state index in [0.29, 0.717) is 37.1 Å². The van der Waals surface area contributed by atoms with E-state index in [-0.39, 0.29) is 28.8 Å². The van der Waals surface area contributed by atoms with Crippen molar-refractivity contribution in [2.45, 2.75) is 44.8 Å². The molecule has 0 radical (unpaired) electrons. The molecule has 0 bridgehead atoms. The molecule has 11 heteroatoms. The zero-order valence-electron chi connectivity index (χ0n) is 20.4. The van der Waals surface area contributed by atoms with Crippen LogP contribution in [0, 0.1) is 18.4 Å². The molecule has 5 N–H and O–H groups in total. The number of carboxylic acid groups (broad SMARTS) is 1. The van der Waals surface area contributed by atoms with Gasteiger partial charge >= 0.3 is 5.97 Å². The Bertz CT molecular complexity index is 1180. The van der Waals surface area contributed by atoms with Gasteiger partial charge in [-0.25, -0.2) is 4.79 Å². The van der Waals surface area contributed by atoms with Crippen LogP contribution in [0.15, 0.2) is 41.4 Å². The molecule has 2 atom stereocenters. The topological polar surface area (TPSA) is 158 Å². The van der Waals surface area contributed by atoms with Gasteiger partial charge in [0.2, 0.25) is 12.2 Å². The number of carboxylic acids is 1. The average Bonchev–Trinajstić information content (AvgIpc) is 3.38. The molecule has 2 aromatic carbocycles. The van der Waals surface area contributed by atoms with E-state index in [1.54, 1.807) is 37.4 Å². The van der Waals surface area contributed by atoms with Crippen LogP contribution in [0.25, 0.3) is 0 Å². The fourth-order valence-corrected chi connectivity index (χ4v) is 4.65. The van der Waals surface area contributed by atoms with Gasteiger partial charge in [0.15, 0.2) is 0 Å². The van der Waals surface area contributed by atoms with Crippen LogP contribution in [0.1, 0.15) is 52.4 Å². The molecule has 0 saturated carbocycles. The molecular weight excluding hydrogens is 498 g/mol. The molecule has 1 heterocycles. The van der Waals surface area contributed by atoms with Crippen molar-refractivity contribution in [3.05, 3.63) is 63.7 Å². The number of benzene rings is 2. The summed E-state index contributed by atoms with van der Waals surface area (Å²) in [5.74, 6) is -1.52. The summed E-state index contributed by atoms with van der Waals surface area (Å²) in [5.41, 5.74) is 2.13. The fourth-order valence-electron chi connectivity index (χ4n) is 4.27. The van der Waals surface area contributed by atoms with Crippen LogP contribution in [0.2, 0.25) is 5.02 Å². The van der Waals surface area contributed by atoms with Gasteiger partial charge in [0.05, 0.1) is 16.7 Å². The van der Waals surface area contributed by atoms with Crippen molar-refractivity contribution in [1.29, 1.82) is 5.26 Å². The van der Waals surface area contributed by atoms with Gasteiger partial charge in [-0.1, -0.05) is 29.8 Å². The van der Waals surface area contributed by atoms with E-state index in [2.05, 4.69) is 15.6 Å². The lowest BCUT2D eigenvalue weighted by Crippen LogP contribution is -2.51. The van der Waals surface area contributed by atoms with Crippen LogP contribution in [0.3, 0.4) is 0 Å². The number of aliphatic carboxylic acids is 1. The van der Waals surface area contributed by atoms with E-state index >= 15 is 0 Å². The number of carbonyl (C=O) groups excluding carboxylic acids is 1. The molecule has 1 saturated heterocycles. The molecular formula is C26H30ClN5O5. The highest BCUT2D eigenvalue weighted by Gasteiger charge is 2.25. The Labute approximate surface area is 220 Å². The number of nitrogens with zero attached hydrogens (tertiary/aromatic N) is 3. The van der Waals surface area contributed by atoms with E-state index in [1.807, 2.05) is 4.90 Å². The zero-order valence-corrected chi connectivity index (χ0v) is 21.2. The summed E-state index contributed by atoms with van der Waals surface area (Å²) >= 11 is 6.42. The van der Waals surface area contributed by atoms with Crippen molar-refractivity contribution in [3.63, 3.8) is 0 Å². The summed E-state index contributed by atoms with van der Waals surface area (Å²) in [6.07, 6.45) is 3.69. The molecule has 2 aromatic rings. The van der Waals surface area contributed by atoms with Crippen LogP contribution < -0.4 is 10.6 Å². The maximum Gasteiger partial charge on any atom is 0.328 e. The van der Waals surface area contributed by atoms with Crippen molar-refractivity contribution < 1.29 is 24.9 Å². The quantitative estimate of drug-likeness (QED) is 0.189. The standard InChI is InChI=1S/C26H30ClN5O5/c1-16-11-17(7-8-22(34)18-5-4-6-19(33)13-18)12-20(27)23(16)24(35)31-21(25(36)37)14-29-26(30-15-28)32-9-2-3-10-32/h4-6,11-13,21-22,33-34H,2-3,7-10,14H2,1H3,(H,29,30)(H,31,35)(H,36,37). The Balaban J connectivity index is 1.65. The SMILES string of the molecule is Cc1cc(CCC(O)c2cccc(O)c2)cc(Cl)c1C(=O)NC(CN/C(=N\C#N)N1CCCC1)C(=O)O. The van der Waals surface area contributed by atoms with Gasteiger partial charge < -0.3 is 30.9 Å². The molecule has 1 aliphatic rings. The fraction of sp³-hybridized carbons (Fsp3) is 0.385. The molecule has 10 nitrogen and oxygen atoms in total. The third-order valence-corrected chi connectivity index (χ3v) is 6.46. The van der Waals surface area contributed by atoms with Crippen molar-refractivity contribution in [2.24, 2.45) is 4.99 Å². The third-order valence-electron chi connectivity index (χ3n) is 6.16. The molecule has 196 valence electrons. The van der Waals surface area contributed by atoms with Gasteiger partial charge in [-0.2, -0.15) is 5.26 Å². The second kappa shape index (κ2) is 12.9. The lowest BCUT2D eigenvalue weighted by Gasteiger charge is -2.22. The number of carbonyl (C=O) groups is 2. The summed E-state index contributed by atoms with van der Waals surface area (Å²) in [6.45, 7) is 2.96. The van der Waals surface area contributed by atoms with Gasteiger partial charge in [0.1, 0.15) is 11.8 Å². The number of hydrogen-bond donors (Lipinski definition) is 5. The number of aromatic hydroxyl groups is 1. The maximum absolute atomic E-state index is 13.0. The predicted octanol–water partition coefficient (Wildman–Crippen LogP) is 2.73. The molecule has 0 aliphatic carbocycles. The highest BCUT2D eigenvalue weighted by molar-refractivity contribution is 6.34. The number of rotatable bonds is 9. The molecule has 1 amide bonds. The van der Waals surface area contributed by atoms with Gasteiger partial charge in [0.25, 0.3) is 5.91 Å². The van der Waals surface area contributed by atoms with Crippen LogP contribution in [0.5, 0.6) is 5.75 Å². The number of nitriles is 1. The number of aliphatic hydroxyl groups is 1. The first-order valence-electron chi connectivity index (χ1n) is 11.9. The van der Waals surface area contributed by atoms with Crippen molar-refractivity contribution >= 4 is 29.4 Å². The Morgan fingerprint density at radius 2 is 1.97 bits per heavy atom. The molecule has 1 aliphatic heterocycles. The molecule has 1 fully saturated rings.